The van der Waals surface area contributed by atoms with Crippen LogP contribution in [0, 0.1) is 5.92 Å². The summed E-state index contributed by atoms with van der Waals surface area (Å²) in [7, 11) is 0. The number of hydrogen-bond acceptors (Lipinski definition) is 1. The van der Waals surface area contributed by atoms with Gasteiger partial charge < -0.3 is 5.32 Å². The second-order valence-electron chi connectivity index (χ2n) is 3.93. The highest BCUT2D eigenvalue weighted by atomic mass is 79.9. The zero-order valence-electron chi connectivity index (χ0n) is 8.46. The number of rotatable bonds is 4. The van der Waals surface area contributed by atoms with E-state index in [0.29, 0.717) is 6.04 Å². The van der Waals surface area contributed by atoms with Crippen LogP contribution in [0.25, 0.3) is 0 Å². The predicted molar refractivity (Wildman–Crippen MR) is 63.3 cm³/mol. The van der Waals surface area contributed by atoms with Crippen LogP contribution in [0.3, 0.4) is 0 Å². The maximum absolute atomic E-state index is 3.57. The van der Waals surface area contributed by atoms with Gasteiger partial charge in [-0.25, -0.2) is 0 Å². The van der Waals surface area contributed by atoms with Crippen molar-refractivity contribution in [2.45, 2.75) is 25.8 Å². The van der Waals surface area contributed by atoms with Gasteiger partial charge in [-0.1, -0.05) is 35.0 Å². The lowest BCUT2D eigenvalue weighted by molar-refractivity contribution is 0.496. The third-order valence-corrected chi connectivity index (χ3v) is 3.22. The molecule has 0 bridgehead atoms. The van der Waals surface area contributed by atoms with E-state index in [2.05, 4.69) is 52.4 Å². The molecular weight excluding hydrogens is 238 g/mol. The highest BCUT2D eigenvalue weighted by Gasteiger charge is 2.31. The minimum atomic E-state index is 0.567. The zero-order chi connectivity index (χ0) is 9.97. The van der Waals surface area contributed by atoms with E-state index >= 15 is 0 Å². The molecule has 0 aliphatic heterocycles. The first-order chi connectivity index (χ1) is 6.81. The molecule has 1 unspecified atom stereocenters. The molecule has 1 aromatic rings. The van der Waals surface area contributed by atoms with Crippen molar-refractivity contribution in [3.8, 4) is 0 Å². The maximum atomic E-state index is 3.57. The van der Waals surface area contributed by atoms with E-state index < -0.39 is 0 Å². The lowest BCUT2D eigenvalue weighted by Crippen LogP contribution is -2.22. The smallest absolute Gasteiger partial charge is 0.0348 e. The zero-order valence-corrected chi connectivity index (χ0v) is 10.0. The quantitative estimate of drug-likeness (QED) is 0.866. The van der Waals surface area contributed by atoms with Gasteiger partial charge in [0.1, 0.15) is 0 Å². The Morgan fingerprint density at radius 3 is 2.86 bits per heavy atom. The molecule has 2 heteroatoms. The van der Waals surface area contributed by atoms with Gasteiger partial charge in [-0.2, -0.15) is 0 Å². The molecule has 1 aliphatic rings. The Hall–Kier alpha value is -0.340. The minimum absolute atomic E-state index is 0.567. The second-order valence-corrected chi connectivity index (χ2v) is 4.84. The summed E-state index contributed by atoms with van der Waals surface area (Å²) in [4.78, 5) is 0. The van der Waals surface area contributed by atoms with Crippen LogP contribution in [-0.2, 0) is 0 Å². The predicted octanol–water partition coefficient (Wildman–Crippen LogP) is 3.51. The van der Waals surface area contributed by atoms with Crippen molar-refractivity contribution in [3.63, 3.8) is 0 Å². The van der Waals surface area contributed by atoms with Crippen molar-refractivity contribution >= 4 is 15.9 Å². The van der Waals surface area contributed by atoms with Gasteiger partial charge in [-0.3, -0.25) is 0 Å². The van der Waals surface area contributed by atoms with Crippen LogP contribution < -0.4 is 5.32 Å². The van der Waals surface area contributed by atoms with Gasteiger partial charge in [-0.15, -0.1) is 0 Å². The molecule has 0 heterocycles. The van der Waals surface area contributed by atoms with Crippen molar-refractivity contribution in [2.24, 2.45) is 5.92 Å². The van der Waals surface area contributed by atoms with Crippen LogP contribution in [0.4, 0.5) is 0 Å². The topological polar surface area (TPSA) is 12.0 Å². The molecule has 1 saturated carbocycles. The highest BCUT2D eigenvalue weighted by molar-refractivity contribution is 9.10. The highest BCUT2D eigenvalue weighted by Crippen LogP contribution is 2.41. The molecule has 0 saturated heterocycles. The Morgan fingerprint density at radius 1 is 1.50 bits per heavy atom. The molecule has 2 rings (SSSR count). The lowest BCUT2D eigenvalue weighted by atomic mass is 10.0. The van der Waals surface area contributed by atoms with Crippen LogP contribution in [-0.4, -0.2) is 6.54 Å². The van der Waals surface area contributed by atoms with Crippen LogP contribution in [0.2, 0.25) is 0 Å². The third kappa shape index (κ3) is 2.37. The first kappa shape index (κ1) is 10.2. The van der Waals surface area contributed by atoms with Gasteiger partial charge in [-0.05, 0) is 43.0 Å². The molecule has 14 heavy (non-hydrogen) atoms. The van der Waals surface area contributed by atoms with Gasteiger partial charge in [0.05, 0.1) is 0 Å². The van der Waals surface area contributed by atoms with Crippen LogP contribution in [0.5, 0.6) is 0 Å². The molecule has 1 N–H and O–H groups in total. The summed E-state index contributed by atoms with van der Waals surface area (Å²) in [6.45, 7) is 3.22. The monoisotopic (exact) mass is 253 g/mol. The van der Waals surface area contributed by atoms with Gasteiger partial charge in [0, 0.05) is 10.5 Å². The molecule has 0 aromatic heterocycles. The van der Waals surface area contributed by atoms with Crippen molar-refractivity contribution in [1.29, 1.82) is 0 Å². The summed E-state index contributed by atoms with van der Waals surface area (Å²) in [6, 6.07) is 9.21. The third-order valence-electron chi connectivity index (χ3n) is 2.73. The van der Waals surface area contributed by atoms with E-state index in [0.717, 1.165) is 12.5 Å². The SMILES string of the molecule is CCNC(c1cccc(Br)c1)C1CC1. The maximum Gasteiger partial charge on any atom is 0.0348 e. The molecule has 0 radical (unpaired) electrons. The lowest BCUT2D eigenvalue weighted by Gasteiger charge is -2.17. The normalized spacial score (nSPS) is 18.1. The summed E-state index contributed by atoms with van der Waals surface area (Å²) in [5.41, 5.74) is 1.42. The largest absolute Gasteiger partial charge is 0.310 e. The van der Waals surface area contributed by atoms with Crippen molar-refractivity contribution in [1.82, 2.24) is 5.32 Å². The van der Waals surface area contributed by atoms with Crippen LogP contribution in [0.1, 0.15) is 31.4 Å². The Morgan fingerprint density at radius 2 is 2.29 bits per heavy atom. The Kier molecular flexibility index (Phi) is 3.24. The van der Waals surface area contributed by atoms with Gasteiger partial charge in [0.2, 0.25) is 0 Å². The van der Waals surface area contributed by atoms with E-state index in [9.17, 15) is 0 Å². The first-order valence-electron chi connectivity index (χ1n) is 5.30. The Balaban J connectivity index is 2.16. The summed E-state index contributed by atoms with van der Waals surface area (Å²) in [6.07, 6.45) is 2.76. The fourth-order valence-corrected chi connectivity index (χ4v) is 2.32. The first-order valence-corrected chi connectivity index (χ1v) is 6.09. The van der Waals surface area contributed by atoms with Crippen LogP contribution >= 0.6 is 15.9 Å². The van der Waals surface area contributed by atoms with Crippen molar-refractivity contribution in [2.75, 3.05) is 6.54 Å². The van der Waals surface area contributed by atoms with E-state index in [1.165, 1.54) is 22.9 Å². The molecule has 1 aliphatic carbocycles. The average molecular weight is 254 g/mol. The fourth-order valence-electron chi connectivity index (χ4n) is 1.91. The van der Waals surface area contributed by atoms with Gasteiger partial charge >= 0.3 is 0 Å². The van der Waals surface area contributed by atoms with Gasteiger partial charge in [0.15, 0.2) is 0 Å². The van der Waals surface area contributed by atoms with Crippen molar-refractivity contribution in [3.05, 3.63) is 34.3 Å². The summed E-state index contributed by atoms with van der Waals surface area (Å²) in [5, 5.41) is 3.57. The van der Waals surface area contributed by atoms with E-state index in [1.54, 1.807) is 0 Å². The second kappa shape index (κ2) is 4.45. The standard InChI is InChI=1S/C12H16BrN/c1-2-14-12(9-6-7-9)10-4-3-5-11(13)8-10/h3-5,8-9,12,14H,2,6-7H2,1H3. The molecular formula is C12H16BrN. The minimum Gasteiger partial charge on any atom is -0.310 e. The summed E-state index contributed by atoms with van der Waals surface area (Å²) < 4.78 is 1.18. The Labute approximate surface area is 94.0 Å². The number of halogens is 1. The van der Waals surface area contributed by atoms with E-state index in [1.807, 2.05) is 0 Å². The summed E-state index contributed by atoms with van der Waals surface area (Å²) >= 11 is 3.52. The molecule has 0 spiro atoms. The number of hydrogen-bond donors (Lipinski definition) is 1. The molecule has 76 valence electrons. The van der Waals surface area contributed by atoms with E-state index in [-0.39, 0.29) is 0 Å². The van der Waals surface area contributed by atoms with Crippen molar-refractivity contribution < 1.29 is 0 Å². The molecule has 0 amide bonds. The molecule has 1 aromatic carbocycles. The number of nitrogens with one attached hydrogen (secondary N) is 1. The molecule has 1 fully saturated rings. The Bertz CT molecular complexity index is 307. The summed E-state index contributed by atoms with van der Waals surface area (Å²) in [5.74, 6) is 0.865. The van der Waals surface area contributed by atoms with Gasteiger partial charge in [0.25, 0.3) is 0 Å². The molecule has 1 nitrogen and oxygen atoms in total. The van der Waals surface area contributed by atoms with Crippen LogP contribution in [0.15, 0.2) is 28.7 Å². The average Bonchev–Trinajstić information content (AvgIpc) is 2.97. The molecule has 1 atom stereocenters. The fraction of sp³-hybridized carbons (Fsp3) is 0.500. The number of benzene rings is 1. The van der Waals surface area contributed by atoms with E-state index in [4.69, 9.17) is 0 Å².